The Labute approximate surface area is 220 Å². The molecule has 1 saturated carbocycles. The highest BCUT2D eigenvalue weighted by molar-refractivity contribution is 7.11. The van der Waals surface area contributed by atoms with Crippen molar-refractivity contribution >= 4 is 40.7 Å². The minimum absolute atomic E-state index is 0.0437. The summed E-state index contributed by atoms with van der Waals surface area (Å²) >= 11 is 7.74. The molecule has 4 aliphatic rings. The number of hydrogen-bond acceptors (Lipinski definition) is 9. The first kappa shape index (κ1) is 24.5. The second-order valence-electron chi connectivity index (χ2n) is 9.73. The van der Waals surface area contributed by atoms with Gasteiger partial charge in [0.05, 0.1) is 30.9 Å². The van der Waals surface area contributed by atoms with Gasteiger partial charge in [-0.15, -0.1) is 11.3 Å². The Kier molecular flexibility index (Phi) is 6.06. The molecule has 12 heteroatoms. The summed E-state index contributed by atoms with van der Waals surface area (Å²) in [4.78, 5) is 35.9. The lowest BCUT2D eigenvalue weighted by molar-refractivity contribution is -0.222. The Morgan fingerprint density at radius 3 is 2.97 bits per heavy atom. The zero-order valence-corrected chi connectivity index (χ0v) is 21.4. The van der Waals surface area contributed by atoms with E-state index in [-0.39, 0.29) is 40.4 Å². The molecule has 9 nitrogen and oxygen atoms in total. The molecule has 4 heterocycles. The van der Waals surface area contributed by atoms with Crippen molar-refractivity contribution in [1.29, 1.82) is 0 Å². The van der Waals surface area contributed by atoms with E-state index < -0.39 is 23.8 Å². The van der Waals surface area contributed by atoms with Gasteiger partial charge in [0.25, 0.3) is 0 Å². The number of esters is 1. The van der Waals surface area contributed by atoms with Crippen LogP contribution < -0.4 is 5.32 Å². The van der Waals surface area contributed by atoms with E-state index in [2.05, 4.69) is 15.2 Å². The number of thiazole rings is 1. The molecule has 1 unspecified atom stereocenters. The number of methoxy groups -OCH3 is 1. The number of nitrogens with one attached hydrogen (secondary N) is 1. The number of aromatic nitrogens is 1. The summed E-state index contributed by atoms with van der Waals surface area (Å²) in [5.74, 6) is -1.48. The number of hydrogen-bond donors (Lipinski definition) is 2. The predicted octanol–water partition coefficient (Wildman–Crippen LogP) is 3.02. The number of carboxylic acids is 1. The minimum Gasteiger partial charge on any atom is -0.481 e. The fourth-order valence-electron chi connectivity index (χ4n) is 6.47. The summed E-state index contributed by atoms with van der Waals surface area (Å²) in [5.41, 5.74) is 0.992. The number of carbonyl (C=O) groups excluding carboxylic acids is 1. The van der Waals surface area contributed by atoms with E-state index in [1.54, 1.807) is 12.3 Å². The van der Waals surface area contributed by atoms with Gasteiger partial charge >= 0.3 is 11.9 Å². The van der Waals surface area contributed by atoms with Gasteiger partial charge in [-0.1, -0.05) is 23.7 Å². The zero-order valence-electron chi connectivity index (χ0n) is 19.8. The van der Waals surface area contributed by atoms with Gasteiger partial charge in [0.2, 0.25) is 0 Å². The average Bonchev–Trinajstić information content (AvgIpc) is 3.56. The van der Waals surface area contributed by atoms with Crippen LogP contribution in [0.1, 0.15) is 29.5 Å². The molecule has 6 rings (SSSR count). The number of ether oxygens (including phenoxy) is 2. The van der Waals surface area contributed by atoms with E-state index in [1.165, 1.54) is 30.6 Å². The number of rotatable bonds is 7. The quantitative estimate of drug-likeness (QED) is 0.510. The fourth-order valence-corrected chi connectivity index (χ4v) is 7.29. The maximum Gasteiger partial charge on any atom is 0.338 e. The number of benzene rings is 1. The lowest BCUT2D eigenvalue weighted by Crippen LogP contribution is -2.80. The number of halogens is 2. The van der Waals surface area contributed by atoms with Crippen LogP contribution in [-0.2, 0) is 19.1 Å². The first-order valence-corrected chi connectivity index (χ1v) is 13.2. The third-order valence-electron chi connectivity index (χ3n) is 8.14. The predicted molar refractivity (Wildman–Crippen MR) is 133 cm³/mol. The lowest BCUT2D eigenvalue weighted by Gasteiger charge is -2.71. The van der Waals surface area contributed by atoms with Gasteiger partial charge in [-0.2, -0.15) is 0 Å². The Hall–Kier alpha value is -2.86. The SMILES string of the molecule is COC(=O)C1=C(CN2[C@@H]3COCC34[C@H](CC(=O)O)C[C@@H]24)NC(c2nccs2)=N[C@H]1c1cccc(F)c1Cl. The van der Waals surface area contributed by atoms with Crippen LogP contribution in [0.3, 0.4) is 0 Å². The van der Waals surface area contributed by atoms with Crippen LogP contribution >= 0.6 is 22.9 Å². The molecule has 1 aromatic heterocycles. The van der Waals surface area contributed by atoms with Crippen LogP contribution in [0.25, 0.3) is 0 Å². The Morgan fingerprint density at radius 2 is 2.24 bits per heavy atom. The highest BCUT2D eigenvalue weighted by Crippen LogP contribution is 2.65. The number of nitrogens with zero attached hydrogens (tertiary/aromatic N) is 3. The molecule has 0 radical (unpaired) electrons. The highest BCUT2D eigenvalue weighted by atomic mass is 35.5. The number of aliphatic imine (C=N–C) groups is 1. The normalized spacial score (nSPS) is 30.4. The first-order valence-electron chi connectivity index (χ1n) is 11.9. The van der Waals surface area contributed by atoms with Crippen LogP contribution in [-0.4, -0.2) is 71.7 Å². The van der Waals surface area contributed by atoms with Gasteiger partial charge in [-0.05, 0) is 18.4 Å². The molecule has 0 amide bonds. The number of piperidine rings is 1. The van der Waals surface area contributed by atoms with Crippen molar-refractivity contribution in [2.75, 3.05) is 26.9 Å². The Bertz CT molecular complexity index is 1330. The van der Waals surface area contributed by atoms with Gasteiger partial charge in [0.15, 0.2) is 10.8 Å². The van der Waals surface area contributed by atoms with Crippen molar-refractivity contribution in [2.24, 2.45) is 16.3 Å². The van der Waals surface area contributed by atoms with E-state index in [0.717, 1.165) is 6.42 Å². The molecule has 0 bridgehead atoms. The third kappa shape index (κ3) is 3.70. The molecule has 2 N–H and O–H groups in total. The van der Waals surface area contributed by atoms with Gasteiger partial charge in [-0.3, -0.25) is 14.7 Å². The molecular weight excluding hydrogens is 523 g/mol. The van der Waals surface area contributed by atoms with Crippen LogP contribution in [0, 0.1) is 17.2 Å². The van der Waals surface area contributed by atoms with E-state index >= 15 is 0 Å². The van der Waals surface area contributed by atoms with Crippen LogP contribution in [0.2, 0.25) is 5.02 Å². The Morgan fingerprint density at radius 1 is 1.41 bits per heavy atom. The number of likely N-dealkylation sites (tertiary alicyclic amines) is 1. The molecule has 2 saturated heterocycles. The largest absolute Gasteiger partial charge is 0.481 e. The highest BCUT2D eigenvalue weighted by Gasteiger charge is 2.73. The van der Waals surface area contributed by atoms with Crippen molar-refractivity contribution < 1.29 is 28.6 Å². The van der Waals surface area contributed by atoms with Crippen molar-refractivity contribution in [3.05, 3.63) is 62.5 Å². The number of carboxylic acid groups (broad SMARTS) is 1. The molecule has 3 aliphatic heterocycles. The summed E-state index contributed by atoms with van der Waals surface area (Å²) < 4.78 is 25.4. The van der Waals surface area contributed by atoms with Crippen molar-refractivity contribution in [3.8, 4) is 0 Å². The van der Waals surface area contributed by atoms with E-state index in [1.807, 2.05) is 5.38 Å². The van der Waals surface area contributed by atoms with Crippen molar-refractivity contribution in [1.82, 2.24) is 15.2 Å². The maximum absolute atomic E-state index is 14.5. The van der Waals surface area contributed by atoms with Gasteiger partial charge in [-0.25, -0.2) is 14.2 Å². The summed E-state index contributed by atoms with van der Waals surface area (Å²) in [6.07, 6.45) is 2.53. The minimum atomic E-state index is -0.905. The summed E-state index contributed by atoms with van der Waals surface area (Å²) in [7, 11) is 1.29. The lowest BCUT2D eigenvalue weighted by atomic mass is 9.46. The molecule has 5 atom stereocenters. The van der Waals surface area contributed by atoms with Crippen molar-refractivity contribution in [2.45, 2.75) is 31.0 Å². The molecular formula is C25H24ClFN4O5S. The van der Waals surface area contributed by atoms with E-state index in [4.69, 9.17) is 26.1 Å². The van der Waals surface area contributed by atoms with E-state index in [0.29, 0.717) is 41.9 Å². The number of carbonyl (C=O) groups is 2. The Balaban J connectivity index is 1.39. The second-order valence-corrected chi connectivity index (χ2v) is 11.0. The first-order chi connectivity index (χ1) is 17.8. The van der Waals surface area contributed by atoms with E-state index in [9.17, 15) is 19.1 Å². The summed E-state index contributed by atoms with van der Waals surface area (Å²) in [5, 5.41) is 15.0. The summed E-state index contributed by atoms with van der Waals surface area (Å²) in [6.45, 7) is 1.40. The molecule has 194 valence electrons. The maximum atomic E-state index is 14.5. The molecule has 1 aromatic carbocycles. The third-order valence-corrected chi connectivity index (χ3v) is 9.32. The monoisotopic (exact) mass is 546 g/mol. The molecule has 1 spiro atoms. The molecule has 37 heavy (non-hydrogen) atoms. The summed E-state index contributed by atoms with van der Waals surface area (Å²) in [6, 6.07) is 3.72. The number of amidine groups is 1. The smallest absolute Gasteiger partial charge is 0.338 e. The van der Waals surface area contributed by atoms with Gasteiger partial charge in [0.1, 0.15) is 11.9 Å². The molecule has 3 fully saturated rings. The topological polar surface area (TPSA) is 113 Å². The van der Waals surface area contributed by atoms with Crippen LogP contribution in [0.15, 0.2) is 46.0 Å². The van der Waals surface area contributed by atoms with Crippen molar-refractivity contribution in [3.63, 3.8) is 0 Å². The van der Waals surface area contributed by atoms with Gasteiger partial charge < -0.3 is 19.9 Å². The fraction of sp³-hybridized carbons (Fsp3) is 0.440. The van der Waals surface area contributed by atoms with Gasteiger partial charge in [0, 0.05) is 53.3 Å². The second kappa shape index (κ2) is 9.16. The standard InChI is InChI=1S/C25H24ClFN4O5S/c1-35-24(34)19-15(9-31-16-7-12(8-18(32)33)25(16)11-36-10-17(25)31)29-22(23-28-5-6-37-23)30-21(19)13-3-2-4-14(27)20(13)26/h2-6,12,16-17,21H,7-11H2,1H3,(H,29,30)(H,32,33)/t12-,16+,17+,21-,25?/m0/s1. The average molecular weight is 547 g/mol. The van der Waals surface area contributed by atoms with Crippen LogP contribution in [0.5, 0.6) is 0 Å². The number of aliphatic carboxylic acids is 1. The van der Waals surface area contributed by atoms with Crippen LogP contribution in [0.4, 0.5) is 4.39 Å². The zero-order chi connectivity index (χ0) is 25.9. The molecule has 1 aliphatic carbocycles. The molecule has 2 aromatic rings.